The molecule has 0 bridgehead atoms. The number of cyclic esters (lactones) is 1. The van der Waals surface area contributed by atoms with Gasteiger partial charge in [0.1, 0.15) is 18.5 Å². The highest BCUT2D eigenvalue weighted by molar-refractivity contribution is 6.12. The predicted molar refractivity (Wildman–Crippen MR) is 179 cm³/mol. The van der Waals surface area contributed by atoms with Crippen molar-refractivity contribution < 1.29 is 33.3 Å². The summed E-state index contributed by atoms with van der Waals surface area (Å²) >= 11 is 0. The highest BCUT2D eigenvalue weighted by Gasteiger charge is 2.25. The number of nitrogens with zero attached hydrogens (tertiary/aromatic N) is 1. The summed E-state index contributed by atoms with van der Waals surface area (Å²) in [6.45, 7) is 4.11. The van der Waals surface area contributed by atoms with Gasteiger partial charge in [-0.05, 0) is 83.8 Å². The zero-order valence-electron chi connectivity index (χ0n) is 26.3. The average Bonchev–Trinajstić information content (AvgIpc) is 3.47. The van der Waals surface area contributed by atoms with E-state index in [2.05, 4.69) is 27.7 Å². The number of hydrogen-bond acceptors (Lipinski definition) is 9. The Morgan fingerprint density at radius 1 is 0.809 bits per heavy atom. The van der Waals surface area contributed by atoms with E-state index < -0.39 is 0 Å². The lowest BCUT2D eigenvalue weighted by molar-refractivity contribution is -0.142. The molecule has 1 atom stereocenters. The molecule has 242 valence electrons. The summed E-state index contributed by atoms with van der Waals surface area (Å²) in [5.41, 5.74) is 6.84. The second-order valence-corrected chi connectivity index (χ2v) is 11.7. The van der Waals surface area contributed by atoms with E-state index in [0.717, 1.165) is 60.1 Å². The van der Waals surface area contributed by atoms with Crippen LogP contribution < -0.4 is 29.7 Å². The largest absolute Gasteiger partial charge is 0.493 e. The van der Waals surface area contributed by atoms with Gasteiger partial charge >= 0.3 is 5.97 Å². The van der Waals surface area contributed by atoms with Gasteiger partial charge in [-0.1, -0.05) is 18.2 Å². The molecular formula is C37H37N3O7. The van der Waals surface area contributed by atoms with E-state index in [1.54, 1.807) is 7.11 Å². The van der Waals surface area contributed by atoms with Crippen molar-refractivity contribution in [2.45, 2.75) is 25.4 Å². The van der Waals surface area contributed by atoms with Crippen LogP contribution in [-0.4, -0.2) is 64.6 Å². The van der Waals surface area contributed by atoms with Crippen molar-refractivity contribution in [3.05, 3.63) is 90.0 Å². The van der Waals surface area contributed by atoms with Crippen LogP contribution in [0.1, 0.15) is 28.8 Å². The van der Waals surface area contributed by atoms with Gasteiger partial charge in [-0.15, -0.1) is 0 Å². The van der Waals surface area contributed by atoms with Crippen LogP contribution in [0.2, 0.25) is 0 Å². The molecule has 0 spiro atoms. The first-order valence-corrected chi connectivity index (χ1v) is 15.9. The number of esters is 1. The highest BCUT2D eigenvalue weighted by Crippen LogP contribution is 2.38. The lowest BCUT2D eigenvalue weighted by atomic mass is 10.0. The molecule has 4 aromatic carbocycles. The summed E-state index contributed by atoms with van der Waals surface area (Å²) in [7, 11) is 1.59. The predicted octanol–water partition coefficient (Wildman–Crippen LogP) is 6.21. The van der Waals surface area contributed by atoms with Gasteiger partial charge in [-0.3, -0.25) is 9.59 Å². The molecule has 47 heavy (non-hydrogen) atoms. The lowest BCUT2D eigenvalue weighted by Gasteiger charge is -2.28. The van der Waals surface area contributed by atoms with Crippen LogP contribution in [0.4, 0.5) is 22.7 Å². The Balaban J connectivity index is 1.000. The highest BCUT2D eigenvalue weighted by atomic mass is 16.6. The molecule has 7 rings (SSSR count). The van der Waals surface area contributed by atoms with E-state index in [0.29, 0.717) is 48.6 Å². The minimum atomic E-state index is -0.245. The number of anilines is 4. The molecule has 0 unspecified atom stereocenters. The van der Waals surface area contributed by atoms with E-state index >= 15 is 0 Å². The monoisotopic (exact) mass is 635 g/mol. The second kappa shape index (κ2) is 13.6. The van der Waals surface area contributed by atoms with Crippen LogP contribution in [0.15, 0.2) is 78.9 Å². The van der Waals surface area contributed by atoms with Crippen molar-refractivity contribution >= 4 is 34.6 Å². The summed E-state index contributed by atoms with van der Waals surface area (Å²) in [6.07, 6.45) is 1.52. The van der Waals surface area contributed by atoms with Crippen molar-refractivity contribution in [3.8, 4) is 28.4 Å². The average molecular weight is 636 g/mol. The number of rotatable bonds is 10. The zero-order chi connectivity index (χ0) is 32.2. The first-order chi connectivity index (χ1) is 23.0. The molecule has 3 heterocycles. The Labute approximate surface area is 273 Å². The van der Waals surface area contributed by atoms with Gasteiger partial charge in [0.15, 0.2) is 11.5 Å². The normalized spacial score (nSPS) is 17.0. The van der Waals surface area contributed by atoms with Gasteiger partial charge in [0.2, 0.25) is 0 Å². The molecule has 0 radical (unpaired) electrons. The van der Waals surface area contributed by atoms with Gasteiger partial charge in [0.25, 0.3) is 5.91 Å². The van der Waals surface area contributed by atoms with Crippen LogP contribution >= 0.6 is 0 Å². The molecule has 3 aliphatic heterocycles. The Morgan fingerprint density at radius 2 is 1.62 bits per heavy atom. The molecule has 1 amide bonds. The van der Waals surface area contributed by atoms with E-state index in [4.69, 9.17) is 23.7 Å². The number of methoxy groups -OCH3 is 1. The molecule has 2 saturated heterocycles. The number of carbonyl (C=O) groups is 2. The van der Waals surface area contributed by atoms with Gasteiger partial charge in [0, 0.05) is 31.6 Å². The first-order valence-electron chi connectivity index (χ1n) is 15.9. The van der Waals surface area contributed by atoms with Crippen molar-refractivity contribution in [1.29, 1.82) is 0 Å². The molecule has 0 aromatic heterocycles. The number of hydrogen-bond donors (Lipinski definition) is 2. The standard InChI is InChI=1S/C37H37N3O7/c1-43-35-22-26(4-12-34(35)46-23-29-9-13-36(41)47-29)25-3-10-30-32(21-25)38-31-11-2-24(20-33(31)39-37(30)42)14-17-45-28-7-5-27(6-8-28)40-15-18-44-19-16-40/h2-8,10-12,20-22,29,38H,9,13-19,23H2,1H3,(H,39,42)/t29-/m0/s1. The van der Waals surface area contributed by atoms with Crippen molar-refractivity contribution in [3.63, 3.8) is 0 Å². The smallest absolute Gasteiger partial charge is 0.306 e. The van der Waals surface area contributed by atoms with Crippen LogP contribution in [0.5, 0.6) is 17.2 Å². The quantitative estimate of drug-likeness (QED) is 0.197. The third kappa shape index (κ3) is 6.97. The number of nitrogens with one attached hydrogen (secondary N) is 2. The fourth-order valence-corrected chi connectivity index (χ4v) is 6.03. The summed E-state index contributed by atoms with van der Waals surface area (Å²) in [4.78, 5) is 27.0. The number of ether oxygens (including phenoxy) is 5. The number of carbonyl (C=O) groups excluding carboxylic acids is 2. The fourth-order valence-electron chi connectivity index (χ4n) is 6.03. The maximum Gasteiger partial charge on any atom is 0.306 e. The fraction of sp³-hybridized carbons (Fsp3) is 0.297. The molecule has 4 aromatic rings. The van der Waals surface area contributed by atoms with Crippen molar-refractivity contribution in [2.75, 3.05) is 62.2 Å². The third-order valence-electron chi connectivity index (χ3n) is 8.63. The minimum absolute atomic E-state index is 0.180. The Morgan fingerprint density at radius 3 is 2.40 bits per heavy atom. The van der Waals surface area contributed by atoms with Crippen LogP contribution in [0, 0.1) is 0 Å². The van der Waals surface area contributed by atoms with Crippen LogP contribution in [0.25, 0.3) is 11.1 Å². The third-order valence-corrected chi connectivity index (χ3v) is 8.63. The van der Waals surface area contributed by atoms with Crippen LogP contribution in [0.3, 0.4) is 0 Å². The topological polar surface area (TPSA) is 108 Å². The van der Waals surface area contributed by atoms with E-state index in [9.17, 15) is 9.59 Å². The van der Waals surface area contributed by atoms with Gasteiger partial charge in [0.05, 0.1) is 49.6 Å². The molecular weight excluding hydrogens is 598 g/mol. The SMILES string of the molecule is COc1cc(-c2ccc3c(c2)Nc2ccc(CCOc4ccc(N5CCOCC5)cc4)cc2NC3=O)ccc1OC[C@@H]1CCC(=O)O1. The number of benzene rings is 4. The summed E-state index contributed by atoms with van der Waals surface area (Å²) in [5.74, 6) is 1.60. The van der Waals surface area contributed by atoms with E-state index in [1.165, 1.54) is 5.69 Å². The minimum Gasteiger partial charge on any atom is -0.493 e. The van der Waals surface area contributed by atoms with E-state index in [1.807, 2.05) is 66.7 Å². The van der Waals surface area contributed by atoms with E-state index in [-0.39, 0.29) is 24.6 Å². The number of morpholine rings is 1. The van der Waals surface area contributed by atoms with Crippen molar-refractivity contribution in [2.24, 2.45) is 0 Å². The van der Waals surface area contributed by atoms with Gasteiger partial charge in [-0.2, -0.15) is 0 Å². The Bertz CT molecular complexity index is 1770. The lowest BCUT2D eigenvalue weighted by Crippen LogP contribution is -2.36. The Kier molecular flexibility index (Phi) is 8.83. The maximum absolute atomic E-state index is 13.3. The molecule has 10 nitrogen and oxygen atoms in total. The molecule has 3 aliphatic rings. The summed E-state index contributed by atoms with van der Waals surface area (Å²) in [6, 6.07) is 25.6. The first kappa shape index (κ1) is 30.4. The number of amides is 1. The second-order valence-electron chi connectivity index (χ2n) is 11.7. The van der Waals surface area contributed by atoms with Crippen LogP contribution in [-0.2, 0) is 20.7 Å². The number of fused-ring (bicyclic) bond motifs is 2. The molecule has 10 heteroatoms. The molecule has 2 N–H and O–H groups in total. The Hall–Kier alpha value is -5.22. The molecule has 0 saturated carbocycles. The molecule has 0 aliphatic carbocycles. The summed E-state index contributed by atoms with van der Waals surface area (Å²) < 4.78 is 28.2. The zero-order valence-corrected chi connectivity index (χ0v) is 26.3. The molecule has 2 fully saturated rings. The van der Waals surface area contributed by atoms with Crippen molar-refractivity contribution in [1.82, 2.24) is 0 Å². The van der Waals surface area contributed by atoms with Gasteiger partial charge < -0.3 is 39.2 Å². The van der Waals surface area contributed by atoms with Gasteiger partial charge in [-0.25, -0.2) is 0 Å². The summed E-state index contributed by atoms with van der Waals surface area (Å²) in [5, 5.41) is 6.52. The maximum atomic E-state index is 13.3.